The summed E-state index contributed by atoms with van der Waals surface area (Å²) >= 11 is 1.10. The Bertz CT molecular complexity index is 1450. The van der Waals surface area contributed by atoms with E-state index in [-0.39, 0.29) is 9.79 Å². The number of alkyl halides is 3. The second-order valence-corrected chi connectivity index (χ2v) is 12.5. The second-order valence-electron chi connectivity index (χ2n) is 7.41. The number of benzene rings is 3. The summed E-state index contributed by atoms with van der Waals surface area (Å²) in [5, 5.41) is 0. The van der Waals surface area contributed by atoms with Crippen LogP contribution in [0.15, 0.2) is 107 Å². The van der Waals surface area contributed by atoms with Crippen molar-refractivity contribution in [1.29, 1.82) is 0 Å². The van der Waals surface area contributed by atoms with Crippen LogP contribution in [0.5, 0.6) is 0 Å². The number of halogens is 3. The number of hydrogen-bond donors (Lipinski definition) is 0. The SMILES string of the molecule is O=S(=O)(c1ccccc1)N(Cc1ccc(-c2ccc(C(F)(F)F)cc2)s1)S(=O)(=O)c1ccccc1. The highest BCUT2D eigenvalue weighted by atomic mass is 32.3. The molecule has 0 aliphatic carbocycles. The molecule has 0 aliphatic rings. The van der Waals surface area contributed by atoms with Crippen LogP contribution in [0.3, 0.4) is 0 Å². The maximum Gasteiger partial charge on any atom is 0.416 e. The molecule has 0 atom stereocenters. The molecule has 0 unspecified atom stereocenters. The molecule has 35 heavy (non-hydrogen) atoms. The van der Waals surface area contributed by atoms with Crippen LogP contribution in [-0.2, 0) is 32.8 Å². The van der Waals surface area contributed by atoms with E-state index in [1.165, 1.54) is 60.7 Å². The first-order valence-corrected chi connectivity index (χ1v) is 13.8. The minimum absolute atomic E-state index is 0.181. The fourth-order valence-electron chi connectivity index (χ4n) is 3.29. The summed E-state index contributed by atoms with van der Waals surface area (Å²) in [6.07, 6.45) is -4.46. The minimum Gasteiger partial charge on any atom is -0.206 e. The lowest BCUT2D eigenvalue weighted by Crippen LogP contribution is -2.36. The normalized spacial score (nSPS) is 12.7. The Hall–Kier alpha value is -2.99. The van der Waals surface area contributed by atoms with Gasteiger partial charge >= 0.3 is 6.18 Å². The van der Waals surface area contributed by atoms with Crippen molar-refractivity contribution in [2.45, 2.75) is 22.5 Å². The van der Waals surface area contributed by atoms with Crippen LogP contribution in [0.4, 0.5) is 13.2 Å². The molecule has 0 fully saturated rings. The van der Waals surface area contributed by atoms with Gasteiger partial charge in [-0.2, -0.15) is 13.2 Å². The Morgan fingerprint density at radius 2 is 1.14 bits per heavy atom. The molecule has 0 amide bonds. The summed E-state index contributed by atoms with van der Waals surface area (Å²) in [5.74, 6) is 0. The zero-order valence-electron chi connectivity index (χ0n) is 17.9. The highest BCUT2D eigenvalue weighted by molar-refractivity contribution is 8.04. The van der Waals surface area contributed by atoms with Crippen LogP contribution in [0.2, 0.25) is 0 Å². The molecule has 0 saturated heterocycles. The average molecular weight is 538 g/mol. The molecule has 0 bridgehead atoms. The molecular weight excluding hydrogens is 519 g/mol. The van der Waals surface area contributed by atoms with E-state index in [2.05, 4.69) is 0 Å². The molecule has 3 aromatic carbocycles. The van der Waals surface area contributed by atoms with Crippen LogP contribution in [0, 0.1) is 0 Å². The first kappa shape index (κ1) is 25.1. The van der Waals surface area contributed by atoms with Gasteiger partial charge in [-0.05, 0) is 54.1 Å². The van der Waals surface area contributed by atoms with Crippen molar-refractivity contribution in [3.8, 4) is 10.4 Å². The molecule has 1 heterocycles. The second kappa shape index (κ2) is 9.57. The van der Waals surface area contributed by atoms with E-state index >= 15 is 0 Å². The zero-order chi connectivity index (χ0) is 25.3. The van der Waals surface area contributed by atoms with Crippen LogP contribution in [0.25, 0.3) is 10.4 Å². The Balaban J connectivity index is 1.72. The molecule has 0 saturated carbocycles. The van der Waals surface area contributed by atoms with E-state index in [9.17, 15) is 30.0 Å². The summed E-state index contributed by atoms with van der Waals surface area (Å²) in [7, 11) is -8.91. The van der Waals surface area contributed by atoms with Crippen molar-refractivity contribution >= 4 is 31.4 Å². The largest absolute Gasteiger partial charge is 0.416 e. The maximum absolute atomic E-state index is 13.4. The van der Waals surface area contributed by atoms with E-state index in [0.717, 1.165) is 23.5 Å². The Kier molecular flexibility index (Phi) is 6.87. The summed E-state index contributed by atoms with van der Waals surface area (Å²) in [6, 6.07) is 22.2. The zero-order valence-corrected chi connectivity index (χ0v) is 20.3. The average Bonchev–Trinajstić information content (AvgIpc) is 3.32. The first-order valence-electron chi connectivity index (χ1n) is 10.1. The maximum atomic E-state index is 13.4. The van der Waals surface area contributed by atoms with Gasteiger partial charge in [-0.15, -0.1) is 11.3 Å². The summed E-state index contributed by atoms with van der Waals surface area (Å²) in [4.78, 5) is 0.611. The van der Waals surface area contributed by atoms with E-state index in [1.54, 1.807) is 24.3 Å². The van der Waals surface area contributed by atoms with E-state index in [4.69, 9.17) is 0 Å². The predicted molar refractivity (Wildman–Crippen MR) is 128 cm³/mol. The minimum atomic E-state index is -4.46. The van der Waals surface area contributed by atoms with Crippen LogP contribution >= 0.6 is 11.3 Å². The van der Waals surface area contributed by atoms with Crippen molar-refractivity contribution in [2.75, 3.05) is 0 Å². The van der Waals surface area contributed by atoms with Gasteiger partial charge in [0.2, 0.25) is 0 Å². The fraction of sp³-hybridized carbons (Fsp3) is 0.0833. The Morgan fingerprint density at radius 3 is 1.60 bits per heavy atom. The number of rotatable bonds is 7. The highest BCUT2D eigenvalue weighted by Crippen LogP contribution is 2.35. The van der Waals surface area contributed by atoms with Gasteiger partial charge in [0.25, 0.3) is 20.0 Å². The molecule has 0 N–H and O–H groups in total. The van der Waals surface area contributed by atoms with Crippen LogP contribution in [0.1, 0.15) is 10.4 Å². The summed E-state index contributed by atoms with van der Waals surface area (Å²) in [6.45, 7) is -0.472. The van der Waals surface area contributed by atoms with Gasteiger partial charge in [0.15, 0.2) is 0 Å². The number of sulfonamides is 2. The Morgan fingerprint density at radius 1 is 0.657 bits per heavy atom. The molecule has 0 aliphatic heterocycles. The number of nitrogens with zero attached hydrogens (tertiary/aromatic N) is 1. The van der Waals surface area contributed by atoms with Gasteiger partial charge in [-0.1, -0.05) is 52.2 Å². The number of hydrogen-bond acceptors (Lipinski definition) is 5. The standard InChI is InChI=1S/C24H18F3NO4S3/c25-24(26,27)19-13-11-18(12-14-19)23-16-15-20(33-23)17-28(34(29,30)21-7-3-1-4-8-21)35(31,32)22-9-5-2-6-10-22/h1-16H,17H2. The van der Waals surface area contributed by atoms with Crippen molar-refractivity contribution < 1.29 is 30.0 Å². The van der Waals surface area contributed by atoms with E-state index in [1.807, 2.05) is 0 Å². The third-order valence-corrected chi connectivity index (χ3v) is 10.4. The molecule has 0 radical (unpaired) electrons. The van der Waals surface area contributed by atoms with E-state index in [0.29, 0.717) is 19.0 Å². The molecule has 182 valence electrons. The van der Waals surface area contributed by atoms with Gasteiger partial charge in [0.05, 0.1) is 21.9 Å². The van der Waals surface area contributed by atoms with Gasteiger partial charge < -0.3 is 0 Å². The lowest BCUT2D eigenvalue weighted by Gasteiger charge is -2.21. The topological polar surface area (TPSA) is 71.5 Å². The quantitative estimate of drug-likeness (QED) is 0.289. The fourth-order valence-corrected chi connectivity index (χ4v) is 8.09. The highest BCUT2D eigenvalue weighted by Gasteiger charge is 2.37. The van der Waals surface area contributed by atoms with Crippen LogP contribution < -0.4 is 0 Å². The summed E-state index contributed by atoms with van der Waals surface area (Å²) < 4.78 is 92.7. The molecule has 4 rings (SSSR count). The molecule has 4 aromatic rings. The van der Waals surface area contributed by atoms with Crippen LogP contribution in [-0.4, -0.2) is 20.5 Å². The summed E-state index contributed by atoms with van der Waals surface area (Å²) in [5.41, 5.74) is -0.287. The van der Waals surface area contributed by atoms with Crippen molar-refractivity contribution in [3.63, 3.8) is 0 Å². The van der Waals surface area contributed by atoms with E-state index < -0.39 is 38.3 Å². The molecule has 11 heteroatoms. The van der Waals surface area contributed by atoms with Crippen molar-refractivity contribution in [1.82, 2.24) is 3.71 Å². The van der Waals surface area contributed by atoms with Gasteiger partial charge in [-0.3, -0.25) is 0 Å². The first-order chi connectivity index (χ1) is 16.5. The molecule has 1 aromatic heterocycles. The number of thiophene rings is 1. The smallest absolute Gasteiger partial charge is 0.206 e. The molecule has 5 nitrogen and oxygen atoms in total. The third kappa shape index (κ3) is 5.32. The van der Waals surface area contributed by atoms with Gasteiger partial charge in [0.1, 0.15) is 0 Å². The lowest BCUT2D eigenvalue weighted by atomic mass is 10.1. The lowest BCUT2D eigenvalue weighted by molar-refractivity contribution is -0.137. The molecular formula is C24H18F3NO4S3. The Labute approximate surface area is 205 Å². The van der Waals surface area contributed by atoms with Gasteiger partial charge in [-0.25, -0.2) is 16.8 Å². The van der Waals surface area contributed by atoms with Gasteiger partial charge in [0, 0.05) is 9.75 Å². The van der Waals surface area contributed by atoms with Crippen molar-refractivity contribution in [3.05, 3.63) is 108 Å². The monoisotopic (exact) mass is 537 g/mol. The van der Waals surface area contributed by atoms with Crippen molar-refractivity contribution in [2.24, 2.45) is 0 Å². The molecule has 0 spiro atoms. The predicted octanol–water partition coefficient (Wildman–Crippen LogP) is 6.01. The third-order valence-electron chi connectivity index (χ3n) is 5.06.